The van der Waals surface area contributed by atoms with Crippen molar-refractivity contribution in [1.29, 1.82) is 0 Å². The first kappa shape index (κ1) is 55.5. The molecule has 338 valence electrons. The Balaban J connectivity index is 4.29. The van der Waals surface area contributed by atoms with Crippen molar-refractivity contribution in [1.82, 2.24) is 0 Å². The van der Waals surface area contributed by atoms with Gasteiger partial charge in [-0.05, 0) is 70.6 Å². The number of carboxylic acid groups (broad SMARTS) is 1. The van der Waals surface area contributed by atoms with Crippen LogP contribution in [0.3, 0.4) is 0 Å². The van der Waals surface area contributed by atoms with Crippen molar-refractivity contribution >= 4 is 17.9 Å². The molecule has 8 heteroatoms. The van der Waals surface area contributed by atoms with E-state index in [1.54, 1.807) is 0 Å². The zero-order valence-electron chi connectivity index (χ0n) is 38.5. The molecule has 0 saturated heterocycles. The van der Waals surface area contributed by atoms with Gasteiger partial charge in [0.2, 0.25) is 0 Å². The number of aliphatic carboxylic acids is 1. The standard InChI is InChI=1S/C50H91NO7/c1-6-8-10-12-14-16-18-20-22-23-24-25-27-28-30-32-34-36-38-40-48(52)57-45-46(44-56-43-42-47(50(54)55)51(3,4)5)58-49(53)41-39-37-35-33-31-29-26-21-19-17-15-13-11-9-7-2/h15,17,20-22,26,46-47H,6-14,16,18-19,23-25,27-45H2,1-5H3/p+1/b17-15-,22-20-,26-21-. The highest BCUT2D eigenvalue weighted by atomic mass is 16.6. The predicted octanol–water partition coefficient (Wildman–Crippen LogP) is 13.4. The van der Waals surface area contributed by atoms with Crippen LogP contribution in [0.2, 0.25) is 0 Å². The molecule has 0 bridgehead atoms. The molecule has 58 heavy (non-hydrogen) atoms. The number of ether oxygens (including phenoxy) is 3. The van der Waals surface area contributed by atoms with Gasteiger partial charge in [0.25, 0.3) is 0 Å². The molecule has 1 N–H and O–H groups in total. The number of hydrogen-bond acceptors (Lipinski definition) is 6. The second-order valence-corrected chi connectivity index (χ2v) is 17.4. The van der Waals surface area contributed by atoms with E-state index in [0.29, 0.717) is 19.3 Å². The fourth-order valence-corrected chi connectivity index (χ4v) is 7.00. The Morgan fingerprint density at radius 3 is 1.38 bits per heavy atom. The topological polar surface area (TPSA) is 99.1 Å². The molecular weight excluding hydrogens is 727 g/mol. The highest BCUT2D eigenvalue weighted by Crippen LogP contribution is 2.15. The fourth-order valence-electron chi connectivity index (χ4n) is 7.00. The highest BCUT2D eigenvalue weighted by molar-refractivity contribution is 5.72. The van der Waals surface area contributed by atoms with Crippen molar-refractivity contribution in [2.24, 2.45) is 0 Å². The zero-order valence-corrected chi connectivity index (χ0v) is 38.5. The van der Waals surface area contributed by atoms with Crippen LogP contribution in [0, 0.1) is 0 Å². The van der Waals surface area contributed by atoms with E-state index in [9.17, 15) is 19.5 Å². The van der Waals surface area contributed by atoms with E-state index < -0.39 is 18.1 Å². The summed E-state index contributed by atoms with van der Waals surface area (Å²) in [6.07, 6.45) is 47.5. The molecule has 0 heterocycles. The Labute approximate surface area is 357 Å². The number of hydrogen-bond donors (Lipinski definition) is 1. The molecule has 0 aromatic rings. The molecular formula is C50H92NO7+. The molecule has 2 atom stereocenters. The summed E-state index contributed by atoms with van der Waals surface area (Å²) in [5.41, 5.74) is 0. The number of carboxylic acids is 1. The first-order valence-electron chi connectivity index (χ1n) is 24.0. The smallest absolute Gasteiger partial charge is 0.362 e. The molecule has 0 radical (unpaired) electrons. The Morgan fingerprint density at radius 2 is 0.914 bits per heavy atom. The number of carbonyl (C=O) groups is 3. The molecule has 0 aromatic carbocycles. The Kier molecular flexibility index (Phi) is 39.5. The van der Waals surface area contributed by atoms with Crippen molar-refractivity contribution in [3.05, 3.63) is 36.5 Å². The molecule has 0 saturated carbocycles. The lowest BCUT2D eigenvalue weighted by molar-refractivity contribution is -0.887. The summed E-state index contributed by atoms with van der Waals surface area (Å²) < 4.78 is 17.3. The number of carbonyl (C=O) groups excluding carboxylic acids is 2. The molecule has 0 fully saturated rings. The van der Waals surface area contributed by atoms with E-state index in [0.717, 1.165) is 64.2 Å². The van der Waals surface area contributed by atoms with Gasteiger partial charge in [0.1, 0.15) is 6.61 Å². The minimum atomic E-state index is -0.877. The number of nitrogens with zero attached hydrogens (tertiary/aromatic N) is 1. The van der Waals surface area contributed by atoms with Crippen molar-refractivity contribution in [2.75, 3.05) is 41.0 Å². The molecule has 0 aliphatic heterocycles. The third kappa shape index (κ3) is 39.0. The van der Waals surface area contributed by atoms with Crippen molar-refractivity contribution in [3.63, 3.8) is 0 Å². The first-order valence-corrected chi connectivity index (χ1v) is 24.0. The third-order valence-electron chi connectivity index (χ3n) is 10.8. The van der Waals surface area contributed by atoms with E-state index in [1.807, 2.05) is 21.1 Å². The first-order chi connectivity index (χ1) is 28.1. The van der Waals surface area contributed by atoms with Crippen LogP contribution < -0.4 is 0 Å². The number of allylic oxidation sites excluding steroid dienone is 6. The minimum Gasteiger partial charge on any atom is -0.477 e. The number of unbranched alkanes of at least 4 members (excludes halogenated alkanes) is 23. The van der Waals surface area contributed by atoms with Crippen molar-refractivity contribution in [3.8, 4) is 0 Å². The summed E-state index contributed by atoms with van der Waals surface area (Å²) in [4.78, 5) is 37.1. The maximum Gasteiger partial charge on any atom is 0.362 e. The summed E-state index contributed by atoms with van der Waals surface area (Å²) in [6, 6.07) is -0.617. The van der Waals surface area contributed by atoms with Crippen molar-refractivity contribution in [2.45, 2.75) is 225 Å². The molecule has 0 aromatic heterocycles. The Morgan fingerprint density at radius 1 is 0.517 bits per heavy atom. The summed E-state index contributed by atoms with van der Waals surface area (Å²) >= 11 is 0. The van der Waals surface area contributed by atoms with E-state index in [2.05, 4.69) is 50.3 Å². The molecule has 8 nitrogen and oxygen atoms in total. The Hall–Kier alpha value is -2.45. The van der Waals surface area contributed by atoms with E-state index >= 15 is 0 Å². The molecule has 0 spiro atoms. The third-order valence-corrected chi connectivity index (χ3v) is 10.8. The highest BCUT2D eigenvalue weighted by Gasteiger charge is 2.31. The maximum atomic E-state index is 12.7. The van der Waals surface area contributed by atoms with Gasteiger partial charge >= 0.3 is 17.9 Å². The fraction of sp³-hybridized carbons (Fsp3) is 0.820. The summed E-state index contributed by atoms with van der Waals surface area (Å²) in [5.74, 6) is -1.48. The van der Waals surface area contributed by atoms with E-state index in [-0.39, 0.29) is 36.2 Å². The van der Waals surface area contributed by atoms with Gasteiger partial charge in [-0.2, -0.15) is 0 Å². The second kappa shape index (κ2) is 41.3. The van der Waals surface area contributed by atoms with Crippen LogP contribution in [0.5, 0.6) is 0 Å². The molecule has 0 amide bonds. The monoisotopic (exact) mass is 819 g/mol. The van der Waals surface area contributed by atoms with Gasteiger partial charge < -0.3 is 23.8 Å². The van der Waals surface area contributed by atoms with Gasteiger partial charge in [0, 0.05) is 19.3 Å². The molecule has 2 unspecified atom stereocenters. The van der Waals surface area contributed by atoms with Crippen LogP contribution in [0.25, 0.3) is 0 Å². The summed E-state index contributed by atoms with van der Waals surface area (Å²) in [7, 11) is 5.53. The van der Waals surface area contributed by atoms with Gasteiger partial charge in [0.15, 0.2) is 12.1 Å². The summed E-state index contributed by atoms with van der Waals surface area (Å²) in [5, 5.41) is 9.63. The van der Waals surface area contributed by atoms with Gasteiger partial charge in [-0.3, -0.25) is 9.59 Å². The SMILES string of the molecule is CCCCC/C=C\C/C=C\CCCCCCCC(=O)OC(COCCC(C(=O)O)[N+](C)(C)C)COC(=O)CCCCCCCCCCC/C=C\CCCCCCCC. The lowest BCUT2D eigenvalue weighted by Gasteiger charge is -2.31. The molecule has 0 aliphatic carbocycles. The maximum absolute atomic E-state index is 12.7. The van der Waals surface area contributed by atoms with E-state index in [4.69, 9.17) is 14.2 Å². The largest absolute Gasteiger partial charge is 0.477 e. The van der Waals surface area contributed by atoms with Crippen LogP contribution in [0.1, 0.15) is 213 Å². The average Bonchev–Trinajstić information content (AvgIpc) is 3.18. The van der Waals surface area contributed by atoms with Crippen LogP contribution in [0.15, 0.2) is 36.5 Å². The normalized spacial score (nSPS) is 13.2. The zero-order chi connectivity index (χ0) is 42.8. The quantitative estimate of drug-likeness (QED) is 0.0283. The van der Waals surface area contributed by atoms with Crippen LogP contribution >= 0.6 is 0 Å². The lowest BCUT2D eigenvalue weighted by atomic mass is 10.1. The number of quaternary nitrogens is 1. The Bertz CT molecular complexity index is 1050. The second-order valence-electron chi connectivity index (χ2n) is 17.4. The number of likely N-dealkylation sites (N-methyl/N-ethyl adjacent to an activating group) is 1. The molecule has 0 aliphatic rings. The van der Waals surface area contributed by atoms with Gasteiger partial charge in [0.05, 0.1) is 34.4 Å². The molecule has 0 rings (SSSR count). The van der Waals surface area contributed by atoms with Crippen molar-refractivity contribution < 1.29 is 38.2 Å². The van der Waals surface area contributed by atoms with Gasteiger partial charge in [-0.15, -0.1) is 0 Å². The van der Waals surface area contributed by atoms with Crippen LogP contribution in [0.4, 0.5) is 0 Å². The number of rotatable bonds is 43. The predicted molar refractivity (Wildman–Crippen MR) is 243 cm³/mol. The van der Waals surface area contributed by atoms with Crippen LogP contribution in [-0.2, 0) is 28.6 Å². The van der Waals surface area contributed by atoms with E-state index in [1.165, 1.54) is 116 Å². The average molecular weight is 819 g/mol. The summed E-state index contributed by atoms with van der Waals surface area (Å²) in [6.45, 7) is 4.70. The number of esters is 2. The minimum absolute atomic E-state index is 0.0562. The van der Waals surface area contributed by atoms with Crippen LogP contribution in [-0.4, -0.2) is 80.6 Å². The van der Waals surface area contributed by atoms with Gasteiger partial charge in [-0.25, -0.2) is 4.79 Å². The lowest BCUT2D eigenvalue weighted by Crippen LogP contribution is -2.50. The van der Waals surface area contributed by atoms with Gasteiger partial charge in [-0.1, -0.05) is 159 Å².